The van der Waals surface area contributed by atoms with Gasteiger partial charge >= 0.3 is 6.36 Å². The average molecular weight is 549 g/mol. The maximum atomic E-state index is 12.5. The van der Waals surface area contributed by atoms with Crippen molar-refractivity contribution in [3.63, 3.8) is 0 Å². The van der Waals surface area contributed by atoms with Gasteiger partial charge in [0.15, 0.2) is 28.1 Å². The molecule has 11 heteroatoms. The van der Waals surface area contributed by atoms with E-state index >= 15 is 0 Å². The van der Waals surface area contributed by atoms with E-state index in [2.05, 4.69) is 10.1 Å². The molecule has 0 aliphatic carbocycles. The second kappa shape index (κ2) is 11.7. The van der Waals surface area contributed by atoms with E-state index in [1.54, 1.807) is 21.3 Å². The number of nitrogens with zero attached hydrogens (tertiary/aromatic N) is 1. The number of anilines is 1. The number of rotatable bonds is 8. The molecule has 0 fully saturated rings. The van der Waals surface area contributed by atoms with Gasteiger partial charge in [0, 0.05) is 12.2 Å². The summed E-state index contributed by atoms with van der Waals surface area (Å²) in [6.45, 7) is 0.812. The third-order valence-corrected chi connectivity index (χ3v) is 6.41. The summed E-state index contributed by atoms with van der Waals surface area (Å²) in [7, 11) is 4.74. The van der Waals surface area contributed by atoms with Crippen LogP contribution in [0.1, 0.15) is 17.2 Å². The van der Waals surface area contributed by atoms with Crippen LogP contribution in [0, 0.1) is 0 Å². The standard InChI is InChI=1S/C27H27F3N2O5S/c1-33-22-6-4-5-7-23(22)36-16-21-20-15-25(35-3)24(34-2)14-17(20)12-13-32(21)26(38)31-18-8-10-19(11-9-18)37-27(28,29)30/h4-11,14-15,21H,12-13,16H2,1-3H3,(H,31,38)/t21-/m0/s1. The summed E-state index contributed by atoms with van der Waals surface area (Å²) >= 11 is 5.74. The number of alkyl halides is 3. The van der Waals surface area contributed by atoms with Crippen molar-refractivity contribution in [2.45, 2.75) is 18.8 Å². The molecule has 1 aliphatic rings. The first-order valence-electron chi connectivity index (χ1n) is 11.7. The predicted molar refractivity (Wildman–Crippen MR) is 141 cm³/mol. The minimum Gasteiger partial charge on any atom is -0.493 e. The van der Waals surface area contributed by atoms with Crippen molar-refractivity contribution in [1.82, 2.24) is 4.90 Å². The quantitative estimate of drug-likeness (QED) is 0.345. The van der Waals surface area contributed by atoms with Crippen LogP contribution in [0.3, 0.4) is 0 Å². The predicted octanol–water partition coefficient (Wildman–Crippen LogP) is 5.99. The van der Waals surface area contributed by atoms with Gasteiger partial charge in [-0.25, -0.2) is 0 Å². The summed E-state index contributed by atoms with van der Waals surface area (Å²) in [6.07, 6.45) is -4.08. The lowest BCUT2D eigenvalue weighted by molar-refractivity contribution is -0.274. The molecule has 38 heavy (non-hydrogen) atoms. The first kappa shape index (κ1) is 27.2. The molecule has 1 atom stereocenters. The lowest BCUT2D eigenvalue weighted by Gasteiger charge is -2.39. The van der Waals surface area contributed by atoms with Crippen LogP contribution in [0.2, 0.25) is 0 Å². The Bertz CT molecular complexity index is 1270. The van der Waals surface area contributed by atoms with E-state index < -0.39 is 6.36 Å². The summed E-state index contributed by atoms with van der Waals surface area (Å²) in [5.41, 5.74) is 2.55. The van der Waals surface area contributed by atoms with Crippen LogP contribution in [0.5, 0.6) is 28.7 Å². The maximum Gasteiger partial charge on any atom is 0.573 e. The first-order chi connectivity index (χ1) is 18.2. The molecule has 1 heterocycles. The van der Waals surface area contributed by atoms with Gasteiger partial charge in [-0.2, -0.15) is 0 Å². The molecule has 4 rings (SSSR count). The molecule has 0 aromatic heterocycles. The Balaban J connectivity index is 1.60. The number of nitrogens with one attached hydrogen (secondary N) is 1. The molecule has 0 saturated heterocycles. The molecule has 1 N–H and O–H groups in total. The zero-order chi connectivity index (χ0) is 27.3. The number of hydrogen-bond donors (Lipinski definition) is 1. The third kappa shape index (κ3) is 6.34. The number of hydrogen-bond acceptors (Lipinski definition) is 6. The molecule has 0 saturated carbocycles. The van der Waals surface area contributed by atoms with Crippen LogP contribution in [0.15, 0.2) is 60.7 Å². The minimum atomic E-state index is -4.76. The number of thiocarbonyl (C=S) groups is 1. The van der Waals surface area contributed by atoms with Gasteiger partial charge in [-0.15, -0.1) is 13.2 Å². The molecule has 3 aromatic rings. The molecule has 3 aromatic carbocycles. The fourth-order valence-electron chi connectivity index (χ4n) is 4.29. The van der Waals surface area contributed by atoms with Gasteiger partial charge in [0.1, 0.15) is 12.4 Å². The Morgan fingerprint density at radius 3 is 2.18 bits per heavy atom. The smallest absolute Gasteiger partial charge is 0.493 e. The highest BCUT2D eigenvalue weighted by Gasteiger charge is 2.32. The highest BCUT2D eigenvalue weighted by Crippen LogP contribution is 2.39. The van der Waals surface area contributed by atoms with Crippen molar-refractivity contribution in [2.24, 2.45) is 0 Å². The molecule has 0 bridgehead atoms. The first-order valence-corrected chi connectivity index (χ1v) is 12.1. The van der Waals surface area contributed by atoms with E-state index in [9.17, 15) is 13.2 Å². The van der Waals surface area contributed by atoms with E-state index in [1.165, 1.54) is 24.3 Å². The van der Waals surface area contributed by atoms with Gasteiger partial charge in [0.25, 0.3) is 0 Å². The SMILES string of the molecule is COc1cc2c(cc1OC)[C@H](COc1ccccc1OC)N(C(=S)Nc1ccc(OC(F)(F)F)cc1)CC2. The van der Waals surface area contributed by atoms with Gasteiger partial charge in [0.2, 0.25) is 0 Å². The number of fused-ring (bicyclic) bond motifs is 1. The summed E-state index contributed by atoms with van der Waals surface area (Å²) < 4.78 is 64.1. The summed E-state index contributed by atoms with van der Waals surface area (Å²) in [4.78, 5) is 1.99. The Labute approximate surface area is 224 Å². The van der Waals surface area contributed by atoms with E-state index in [0.29, 0.717) is 46.8 Å². The zero-order valence-corrected chi connectivity index (χ0v) is 21.8. The Hall–Kier alpha value is -3.86. The van der Waals surface area contributed by atoms with Gasteiger partial charge in [0.05, 0.1) is 27.4 Å². The van der Waals surface area contributed by atoms with Crippen molar-refractivity contribution in [3.8, 4) is 28.7 Å². The summed E-state index contributed by atoms with van der Waals surface area (Å²) in [5, 5.41) is 3.51. The topological polar surface area (TPSA) is 61.4 Å². The van der Waals surface area contributed by atoms with Crippen molar-refractivity contribution >= 4 is 23.0 Å². The second-order valence-corrected chi connectivity index (χ2v) is 8.72. The highest BCUT2D eigenvalue weighted by molar-refractivity contribution is 7.80. The van der Waals surface area contributed by atoms with Gasteiger partial charge in [-0.05, 0) is 78.3 Å². The molecule has 7 nitrogen and oxygen atoms in total. The molecule has 202 valence electrons. The van der Waals surface area contributed by atoms with Crippen LogP contribution in [0.25, 0.3) is 0 Å². The Morgan fingerprint density at radius 2 is 1.55 bits per heavy atom. The molecule has 0 unspecified atom stereocenters. The number of methoxy groups -OCH3 is 3. The molecular formula is C27H27F3N2O5S. The number of ether oxygens (including phenoxy) is 5. The molecule has 0 amide bonds. The molecule has 0 spiro atoms. The lowest BCUT2D eigenvalue weighted by Crippen LogP contribution is -2.44. The fraction of sp³-hybridized carbons (Fsp3) is 0.296. The Kier molecular flexibility index (Phi) is 8.35. The zero-order valence-electron chi connectivity index (χ0n) is 21.0. The third-order valence-electron chi connectivity index (χ3n) is 6.07. The second-order valence-electron chi connectivity index (χ2n) is 8.33. The van der Waals surface area contributed by atoms with Crippen LogP contribution >= 0.6 is 12.2 Å². The molecule has 1 aliphatic heterocycles. The summed E-state index contributed by atoms with van der Waals surface area (Å²) in [6, 6.07) is 16.3. The maximum absolute atomic E-state index is 12.5. The molecular weight excluding hydrogens is 521 g/mol. The van der Waals surface area contributed by atoms with Crippen LogP contribution < -0.4 is 29.0 Å². The van der Waals surface area contributed by atoms with E-state index in [-0.39, 0.29) is 18.4 Å². The van der Waals surface area contributed by atoms with Gasteiger partial charge in [-0.1, -0.05) is 12.1 Å². The van der Waals surface area contributed by atoms with Gasteiger partial charge < -0.3 is 33.9 Å². The van der Waals surface area contributed by atoms with Gasteiger partial charge in [-0.3, -0.25) is 0 Å². The molecule has 0 radical (unpaired) electrons. The van der Waals surface area contributed by atoms with Crippen LogP contribution in [0.4, 0.5) is 18.9 Å². The lowest BCUT2D eigenvalue weighted by atomic mass is 9.92. The highest BCUT2D eigenvalue weighted by atomic mass is 32.1. The van der Waals surface area contributed by atoms with Crippen molar-refractivity contribution < 1.29 is 36.9 Å². The number of para-hydroxylation sites is 2. The van der Waals surface area contributed by atoms with E-state index in [4.69, 9.17) is 31.2 Å². The van der Waals surface area contributed by atoms with E-state index in [0.717, 1.165) is 11.1 Å². The average Bonchev–Trinajstić information content (AvgIpc) is 2.91. The minimum absolute atomic E-state index is 0.239. The van der Waals surface area contributed by atoms with E-state index in [1.807, 2.05) is 41.3 Å². The van der Waals surface area contributed by atoms with Crippen molar-refractivity contribution in [1.29, 1.82) is 0 Å². The van der Waals surface area contributed by atoms with Crippen LogP contribution in [-0.2, 0) is 6.42 Å². The summed E-state index contributed by atoms with van der Waals surface area (Å²) in [5.74, 6) is 2.08. The van der Waals surface area contributed by atoms with Crippen LogP contribution in [-0.4, -0.2) is 50.9 Å². The largest absolute Gasteiger partial charge is 0.573 e. The number of benzene rings is 3. The number of halogens is 3. The monoisotopic (exact) mass is 548 g/mol. The fourth-order valence-corrected chi connectivity index (χ4v) is 4.63. The Morgan fingerprint density at radius 1 is 0.921 bits per heavy atom. The van der Waals surface area contributed by atoms with Crippen molar-refractivity contribution in [3.05, 3.63) is 71.8 Å². The normalized spacial score (nSPS) is 14.8. The van der Waals surface area contributed by atoms with Crippen molar-refractivity contribution in [2.75, 3.05) is 39.8 Å².